The van der Waals surface area contributed by atoms with Gasteiger partial charge in [0.05, 0.1) is 10.6 Å². The van der Waals surface area contributed by atoms with E-state index in [1.165, 1.54) is 37.6 Å². The smallest absolute Gasteiger partial charge is 0.257 e. The van der Waals surface area contributed by atoms with Crippen molar-refractivity contribution in [2.24, 2.45) is 0 Å². The van der Waals surface area contributed by atoms with E-state index in [4.69, 9.17) is 11.6 Å². The largest absolute Gasteiger partial charge is 0.298 e. The molecule has 0 aliphatic heterocycles. The summed E-state index contributed by atoms with van der Waals surface area (Å²) in [6.07, 6.45) is 0. The van der Waals surface area contributed by atoms with Gasteiger partial charge in [-0.2, -0.15) is 0 Å². The molecule has 2 aromatic carbocycles. The van der Waals surface area contributed by atoms with Gasteiger partial charge in [-0.15, -0.1) is 11.3 Å². The van der Waals surface area contributed by atoms with Gasteiger partial charge in [-0.3, -0.25) is 10.1 Å². The number of anilines is 1. The molecule has 27 heavy (non-hydrogen) atoms. The van der Waals surface area contributed by atoms with Crippen molar-refractivity contribution < 1.29 is 13.2 Å². The van der Waals surface area contributed by atoms with Crippen LogP contribution in [0, 0.1) is 0 Å². The number of rotatable bonds is 5. The average molecular weight is 422 g/mol. The van der Waals surface area contributed by atoms with E-state index in [-0.39, 0.29) is 10.8 Å². The van der Waals surface area contributed by atoms with Gasteiger partial charge in [-0.25, -0.2) is 17.7 Å². The van der Waals surface area contributed by atoms with Crippen molar-refractivity contribution in [2.75, 3.05) is 19.4 Å². The zero-order chi connectivity index (χ0) is 19.6. The second-order valence-electron chi connectivity index (χ2n) is 5.81. The minimum absolute atomic E-state index is 0.211. The highest BCUT2D eigenvalue weighted by Crippen LogP contribution is 2.26. The van der Waals surface area contributed by atoms with E-state index < -0.39 is 10.0 Å². The Morgan fingerprint density at radius 1 is 1.07 bits per heavy atom. The molecule has 6 nitrogen and oxygen atoms in total. The molecule has 0 aliphatic rings. The zero-order valence-corrected chi connectivity index (χ0v) is 16.9. The van der Waals surface area contributed by atoms with Crippen LogP contribution in [0.1, 0.15) is 10.4 Å². The highest BCUT2D eigenvalue weighted by molar-refractivity contribution is 7.89. The summed E-state index contributed by atoms with van der Waals surface area (Å²) in [5, 5.41) is 5.55. The van der Waals surface area contributed by atoms with E-state index >= 15 is 0 Å². The molecule has 1 amide bonds. The zero-order valence-electron chi connectivity index (χ0n) is 14.5. The van der Waals surface area contributed by atoms with Gasteiger partial charge in [0.15, 0.2) is 5.13 Å². The molecule has 3 aromatic rings. The van der Waals surface area contributed by atoms with Gasteiger partial charge in [0.25, 0.3) is 5.91 Å². The van der Waals surface area contributed by atoms with Crippen LogP contribution in [0.3, 0.4) is 0 Å². The fourth-order valence-corrected chi connectivity index (χ4v) is 3.99. The summed E-state index contributed by atoms with van der Waals surface area (Å²) in [6.45, 7) is 0. The number of carbonyl (C=O) groups excluding carboxylic acids is 1. The van der Waals surface area contributed by atoms with Crippen LogP contribution in [-0.2, 0) is 10.0 Å². The first kappa shape index (κ1) is 19.5. The quantitative estimate of drug-likeness (QED) is 0.676. The van der Waals surface area contributed by atoms with Gasteiger partial charge in [-0.05, 0) is 36.4 Å². The van der Waals surface area contributed by atoms with E-state index in [0.29, 0.717) is 21.4 Å². The van der Waals surface area contributed by atoms with Crippen molar-refractivity contribution in [1.29, 1.82) is 0 Å². The second kappa shape index (κ2) is 7.77. The summed E-state index contributed by atoms with van der Waals surface area (Å²) in [6, 6.07) is 13.0. The summed E-state index contributed by atoms with van der Waals surface area (Å²) in [4.78, 5) is 16.8. The van der Waals surface area contributed by atoms with Gasteiger partial charge in [0, 0.05) is 35.6 Å². The first-order valence-corrected chi connectivity index (χ1v) is 10.5. The number of halogens is 1. The van der Waals surface area contributed by atoms with E-state index in [1.54, 1.807) is 41.8 Å². The summed E-state index contributed by atoms with van der Waals surface area (Å²) in [5.41, 5.74) is 1.89. The second-order valence-corrected chi connectivity index (χ2v) is 9.26. The molecule has 0 spiro atoms. The molecule has 1 aromatic heterocycles. The number of carbonyl (C=O) groups is 1. The van der Waals surface area contributed by atoms with Crippen molar-refractivity contribution in [3.05, 3.63) is 64.5 Å². The number of nitrogens with zero attached hydrogens (tertiary/aromatic N) is 2. The van der Waals surface area contributed by atoms with Gasteiger partial charge in [-0.1, -0.05) is 23.7 Å². The third-order valence-electron chi connectivity index (χ3n) is 3.76. The summed E-state index contributed by atoms with van der Waals surface area (Å²) < 4.78 is 25.4. The number of benzene rings is 2. The maximum absolute atomic E-state index is 12.2. The van der Waals surface area contributed by atoms with Gasteiger partial charge in [0.2, 0.25) is 10.0 Å². The maximum Gasteiger partial charge on any atom is 0.257 e. The van der Waals surface area contributed by atoms with Gasteiger partial charge >= 0.3 is 0 Å². The molecule has 0 saturated heterocycles. The molecule has 1 heterocycles. The highest BCUT2D eigenvalue weighted by Gasteiger charge is 2.17. The standard InChI is InChI=1S/C18H16ClN3O3S2/c1-22(2)27(24,25)15-9-5-12(6-10-15)16-11-26-18(20-16)21-17(23)13-3-7-14(19)8-4-13/h3-11H,1-2H3,(H,20,21,23). The number of hydrogen-bond acceptors (Lipinski definition) is 5. The van der Waals surface area contributed by atoms with Crippen LogP contribution >= 0.6 is 22.9 Å². The van der Waals surface area contributed by atoms with Crippen molar-refractivity contribution in [3.8, 4) is 11.3 Å². The highest BCUT2D eigenvalue weighted by atomic mass is 35.5. The van der Waals surface area contributed by atoms with Crippen LogP contribution < -0.4 is 5.32 Å². The lowest BCUT2D eigenvalue weighted by Gasteiger charge is -2.11. The number of amides is 1. The van der Waals surface area contributed by atoms with Crippen LogP contribution in [0.25, 0.3) is 11.3 Å². The molecule has 0 unspecified atom stereocenters. The predicted octanol–water partition coefficient (Wildman–Crippen LogP) is 3.97. The Bertz CT molecular complexity index is 1060. The Labute approximate surface area is 166 Å². The average Bonchev–Trinajstić information content (AvgIpc) is 3.10. The third-order valence-corrected chi connectivity index (χ3v) is 6.60. The van der Waals surface area contributed by atoms with Gasteiger partial charge < -0.3 is 0 Å². The Morgan fingerprint density at radius 2 is 1.70 bits per heavy atom. The Hall–Kier alpha value is -2.26. The minimum atomic E-state index is -3.47. The Balaban J connectivity index is 1.76. The van der Waals surface area contributed by atoms with Crippen molar-refractivity contribution in [3.63, 3.8) is 0 Å². The number of thiazole rings is 1. The fourth-order valence-electron chi connectivity index (χ4n) is 2.24. The molecule has 9 heteroatoms. The third kappa shape index (κ3) is 4.36. The first-order valence-electron chi connectivity index (χ1n) is 7.83. The number of hydrogen-bond donors (Lipinski definition) is 1. The van der Waals surface area contributed by atoms with E-state index in [1.807, 2.05) is 0 Å². The summed E-state index contributed by atoms with van der Waals surface area (Å²) >= 11 is 7.11. The lowest BCUT2D eigenvalue weighted by atomic mass is 10.2. The molecule has 3 rings (SSSR count). The molecule has 0 bridgehead atoms. The first-order chi connectivity index (χ1) is 12.8. The molecule has 140 valence electrons. The lowest BCUT2D eigenvalue weighted by molar-refractivity contribution is 0.102. The number of aromatic nitrogens is 1. The topological polar surface area (TPSA) is 79.4 Å². The minimum Gasteiger partial charge on any atom is -0.298 e. The van der Waals surface area contributed by atoms with Crippen LogP contribution in [0.4, 0.5) is 5.13 Å². The van der Waals surface area contributed by atoms with E-state index in [2.05, 4.69) is 10.3 Å². The molecular formula is C18H16ClN3O3S2. The Kier molecular flexibility index (Phi) is 5.61. The van der Waals surface area contributed by atoms with Crippen LogP contribution in [-0.4, -0.2) is 37.7 Å². The maximum atomic E-state index is 12.2. The molecule has 0 fully saturated rings. The van der Waals surface area contributed by atoms with Crippen LogP contribution in [0.2, 0.25) is 5.02 Å². The van der Waals surface area contributed by atoms with E-state index in [0.717, 1.165) is 9.87 Å². The number of sulfonamides is 1. The molecule has 0 aliphatic carbocycles. The SMILES string of the molecule is CN(C)S(=O)(=O)c1ccc(-c2csc(NC(=O)c3ccc(Cl)cc3)n2)cc1. The monoisotopic (exact) mass is 421 g/mol. The molecular weight excluding hydrogens is 406 g/mol. The van der Waals surface area contributed by atoms with Crippen molar-refractivity contribution in [1.82, 2.24) is 9.29 Å². The molecule has 1 N–H and O–H groups in total. The normalized spacial score (nSPS) is 11.6. The molecule has 0 radical (unpaired) electrons. The van der Waals surface area contributed by atoms with Crippen LogP contribution in [0.15, 0.2) is 58.8 Å². The lowest BCUT2D eigenvalue weighted by Crippen LogP contribution is -2.22. The fraction of sp³-hybridized carbons (Fsp3) is 0.111. The van der Waals surface area contributed by atoms with Crippen molar-refractivity contribution >= 4 is 44.0 Å². The summed E-state index contributed by atoms with van der Waals surface area (Å²) in [5.74, 6) is -0.278. The summed E-state index contributed by atoms with van der Waals surface area (Å²) in [7, 11) is -0.500. The van der Waals surface area contributed by atoms with Gasteiger partial charge in [0.1, 0.15) is 0 Å². The molecule has 0 atom stereocenters. The Morgan fingerprint density at radius 3 is 2.30 bits per heavy atom. The van der Waals surface area contributed by atoms with Crippen molar-refractivity contribution in [2.45, 2.75) is 4.90 Å². The number of nitrogens with one attached hydrogen (secondary N) is 1. The van der Waals surface area contributed by atoms with E-state index in [9.17, 15) is 13.2 Å². The predicted molar refractivity (Wildman–Crippen MR) is 108 cm³/mol. The molecule has 0 saturated carbocycles. The van der Waals surface area contributed by atoms with Crippen LogP contribution in [0.5, 0.6) is 0 Å².